The number of aromatic nitrogens is 4. The van der Waals surface area contributed by atoms with Gasteiger partial charge < -0.3 is 15.2 Å². The summed E-state index contributed by atoms with van der Waals surface area (Å²) in [4.78, 5) is 1.60. The first-order valence-corrected chi connectivity index (χ1v) is 13.4. The maximum absolute atomic E-state index is 16.1. The molecule has 0 aliphatic carbocycles. The van der Waals surface area contributed by atoms with Crippen molar-refractivity contribution in [2.45, 2.75) is 5.54 Å². The second-order valence-electron chi connectivity index (χ2n) is 9.68. The first kappa shape index (κ1) is 26.7. The van der Waals surface area contributed by atoms with Crippen LogP contribution < -0.4 is 15.2 Å². The maximum atomic E-state index is 16.1. The first-order valence-electron chi connectivity index (χ1n) is 13.4. The lowest BCUT2D eigenvalue weighted by Crippen LogP contribution is -2.39. The van der Waals surface area contributed by atoms with E-state index < -0.39 is 11.4 Å². The van der Waals surface area contributed by atoms with Gasteiger partial charge in [0.15, 0.2) is 17.1 Å². The average molecular weight is 558 g/mol. The number of ether oxygens (including phenoxy) is 2. The normalized spacial score (nSPS) is 11.3. The first-order chi connectivity index (χ1) is 20.6. The summed E-state index contributed by atoms with van der Waals surface area (Å²) in [5.41, 5.74) is 9.41. The fourth-order valence-electron chi connectivity index (χ4n) is 5.42. The fraction of sp³-hybridized carbons (Fsp3) is 0.0882. The van der Waals surface area contributed by atoms with Crippen LogP contribution in [0.3, 0.4) is 0 Å². The van der Waals surface area contributed by atoms with Crippen LogP contribution in [-0.4, -0.2) is 34.4 Å². The number of nitrogens with zero attached hydrogens (tertiary/aromatic N) is 4. The van der Waals surface area contributed by atoms with E-state index in [9.17, 15) is 0 Å². The van der Waals surface area contributed by atoms with Gasteiger partial charge in [0.05, 0.1) is 19.9 Å². The summed E-state index contributed by atoms with van der Waals surface area (Å²) in [5.74, 6) is 0.186. The molecule has 0 aliphatic heterocycles. The lowest BCUT2D eigenvalue weighted by atomic mass is 9.77. The highest BCUT2D eigenvalue weighted by Gasteiger charge is 2.41. The molecular formula is C34H28FN5O2. The summed E-state index contributed by atoms with van der Waals surface area (Å²) in [5, 5.41) is 14.0. The molecule has 0 radical (unpaired) electrons. The van der Waals surface area contributed by atoms with E-state index in [2.05, 4.69) is 10.3 Å². The summed E-state index contributed by atoms with van der Waals surface area (Å²) in [6.07, 6.45) is 0. The number of anilines is 1. The number of benzene rings is 5. The number of nitrogens with two attached hydrogens (primary N) is 1. The Balaban J connectivity index is 1.63. The smallest absolute Gasteiger partial charge is 0.205 e. The number of hydrogen-bond acceptors (Lipinski definition) is 6. The van der Waals surface area contributed by atoms with Gasteiger partial charge in [-0.3, -0.25) is 0 Å². The van der Waals surface area contributed by atoms with Crippen molar-refractivity contribution in [3.63, 3.8) is 0 Å². The summed E-state index contributed by atoms with van der Waals surface area (Å²) < 4.78 is 26.7. The molecule has 0 fully saturated rings. The number of methoxy groups -OCH3 is 2. The minimum atomic E-state index is -0.980. The second-order valence-corrected chi connectivity index (χ2v) is 9.68. The number of tetrazole rings is 1. The van der Waals surface area contributed by atoms with Crippen LogP contribution in [-0.2, 0) is 5.54 Å². The van der Waals surface area contributed by atoms with Gasteiger partial charge in [0.1, 0.15) is 5.75 Å². The van der Waals surface area contributed by atoms with E-state index in [4.69, 9.17) is 20.3 Å². The lowest BCUT2D eigenvalue weighted by molar-refractivity contribution is 0.389. The van der Waals surface area contributed by atoms with E-state index in [0.717, 1.165) is 16.7 Å². The van der Waals surface area contributed by atoms with Gasteiger partial charge in [-0.05, 0) is 45.7 Å². The highest BCUT2D eigenvalue weighted by molar-refractivity contribution is 5.86. The molecule has 0 saturated heterocycles. The molecule has 0 spiro atoms. The third-order valence-electron chi connectivity index (χ3n) is 7.36. The van der Waals surface area contributed by atoms with E-state index in [0.29, 0.717) is 16.9 Å². The molecule has 0 saturated carbocycles. The van der Waals surface area contributed by atoms with Crippen molar-refractivity contribution in [1.82, 2.24) is 20.2 Å². The minimum Gasteiger partial charge on any atom is -0.497 e. The van der Waals surface area contributed by atoms with Crippen LogP contribution in [0.1, 0.15) is 16.7 Å². The molecule has 1 aromatic heterocycles. The van der Waals surface area contributed by atoms with E-state index >= 15 is 4.39 Å². The molecule has 208 valence electrons. The zero-order valence-corrected chi connectivity index (χ0v) is 23.1. The predicted octanol–water partition coefficient (Wildman–Crippen LogP) is 6.59. The van der Waals surface area contributed by atoms with E-state index in [1.54, 1.807) is 42.2 Å². The predicted molar refractivity (Wildman–Crippen MR) is 161 cm³/mol. The van der Waals surface area contributed by atoms with Crippen LogP contribution in [0.15, 0.2) is 121 Å². The van der Waals surface area contributed by atoms with Crippen LogP contribution >= 0.6 is 0 Å². The van der Waals surface area contributed by atoms with Gasteiger partial charge in [-0.2, -0.15) is 0 Å². The summed E-state index contributed by atoms with van der Waals surface area (Å²) in [7, 11) is 2.96. The van der Waals surface area contributed by atoms with Crippen molar-refractivity contribution in [3.8, 4) is 34.0 Å². The highest BCUT2D eigenvalue weighted by atomic mass is 19.1. The van der Waals surface area contributed by atoms with Crippen LogP contribution in [0.4, 0.5) is 10.1 Å². The Morgan fingerprint density at radius 1 is 0.714 bits per heavy atom. The molecule has 6 aromatic rings. The third kappa shape index (κ3) is 4.43. The Morgan fingerprint density at radius 2 is 1.24 bits per heavy atom. The van der Waals surface area contributed by atoms with E-state index in [-0.39, 0.29) is 22.8 Å². The van der Waals surface area contributed by atoms with Gasteiger partial charge in [0, 0.05) is 11.1 Å². The SMILES string of the molecule is COc1ccc(-c2c(-c3nnn(C(c4ccccc4)(c4ccccc4)c4ccccc4)n3)cc(N)c(OC)c2F)cc1. The van der Waals surface area contributed by atoms with Crippen LogP contribution in [0, 0.1) is 5.82 Å². The van der Waals surface area contributed by atoms with Crippen molar-refractivity contribution in [1.29, 1.82) is 0 Å². The van der Waals surface area contributed by atoms with Crippen molar-refractivity contribution in [2.75, 3.05) is 20.0 Å². The topological polar surface area (TPSA) is 88.1 Å². The average Bonchev–Trinajstić information content (AvgIpc) is 3.53. The summed E-state index contributed by atoms with van der Waals surface area (Å²) in [6.45, 7) is 0. The standard InChI is InChI=1S/C34H28FN5O2/c1-41-27-20-18-23(19-21-27)30-28(22-29(36)32(42-2)31(30)35)33-37-39-40(38-33)34(24-12-6-3-7-13-24,25-14-8-4-9-15-25)26-16-10-5-11-17-26/h3-22H,36H2,1-2H3. The van der Waals surface area contributed by atoms with Crippen LogP contribution in [0.25, 0.3) is 22.5 Å². The van der Waals surface area contributed by atoms with Gasteiger partial charge in [-0.25, -0.2) is 4.39 Å². The number of hydrogen-bond donors (Lipinski definition) is 1. The minimum absolute atomic E-state index is 0.0517. The molecule has 2 N–H and O–H groups in total. The zero-order valence-electron chi connectivity index (χ0n) is 23.1. The van der Waals surface area contributed by atoms with Gasteiger partial charge in [0.2, 0.25) is 5.82 Å². The molecule has 8 heteroatoms. The monoisotopic (exact) mass is 557 g/mol. The van der Waals surface area contributed by atoms with Crippen molar-refractivity contribution in [3.05, 3.63) is 144 Å². The Kier molecular flexibility index (Phi) is 7.10. The molecule has 0 unspecified atom stereocenters. The summed E-state index contributed by atoms with van der Waals surface area (Å²) in [6, 6.07) is 38.7. The molecule has 1 heterocycles. The Hall–Kier alpha value is -5.50. The van der Waals surface area contributed by atoms with Crippen molar-refractivity contribution >= 4 is 5.69 Å². The van der Waals surface area contributed by atoms with Crippen LogP contribution in [0.2, 0.25) is 0 Å². The van der Waals surface area contributed by atoms with Gasteiger partial charge in [0.25, 0.3) is 0 Å². The molecule has 0 atom stereocenters. The van der Waals surface area contributed by atoms with Crippen LogP contribution in [0.5, 0.6) is 11.5 Å². The molecule has 0 bridgehead atoms. The second kappa shape index (κ2) is 11.2. The molecule has 0 amide bonds. The van der Waals surface area contributed by atoms with Gasteiger partial charge >= 0.3 is 0 Å². The molecule has 6 rings (SSSR count). The fourth-order valence-corrected chi connectivity index (χ4v) is 5.42. The Labute approximate surface area is 243 Å². The van der Waals surface area contributed by atoms with Gasteiger partial charge in [-0.15, -0.1) is 15.0 Å². The third-order valence-corrected chi connectivity index (χ3v) is 7.36. The molecule has 5 aromatic carbocycles. The number of nitrogen functional groups attached to an aromatic ring is 1. The maximum Gasteiger partial charge on any atom is 0.205 e. The molecule has 0 aliphatic rings. The summed E-state index contributed by atoms with van der Waals surface area (Å²) >= 11 is 0. The number of rotatable bonds is 8. The highest BCUT2D eigenvalue weighted by Crippen LogP contribution is 2.43. The Morgan fingerprint density at radius 3 is 1.71 bits per heavy atom. The van der Waals surface area contributed by atoms with Gasteiger partial charge in [-0.1, -0.05) is 103 Å². The lowest BCUT2D eigenvalue weighted by Gasteiger charge is -2.34. The molecule has 42 heavy (non-hydrogen) atoms. The van der Waals surface area contributed by atoms with Crippen molar-refractivity contribution < 1.29 is 13.9 Å². The quantitative estimate of drug-likeness (QED) is 0.168. The Bertz CT molecular complexity index is 1710. The van der Waals surface area contributed by atoms with Crippen molar-refractivity contribution in [2.24, 2.45) is 0 Å². The molecular weight excluding hydrogens is 529 g/mol. The van der Waals surface area contributed by atoms with E-state index in [1.165, 1.54) is 7.11 Å². The van der Waals surface area contributed by atoms with E-state index in [1.807, 2.05) is 91.0 Å². The number of halogens is 1. The molecule has 7 nitrogen and oxygen atoms in total. The largest absolute Gasteiger partial charge is 0.497 e. The zero-order chi connectivity index (χ0) is 29.1.